The van der Waals surface area contributed by atoms with Gasteiger partial charge in [-0.15, -0.1) is 0 Å². The van der Waals surface area contributed by atoms with E-state index in [2.05, 4.69) is 97.9 Å². The molecule has 0 aliphatic carbocycles. The Morgan fingerprint density at radius 1 is 0.760 bits per heavy atom. The summed E-state index contributed by atoms with van der Waals surface area (Å²) >= 11 is 0. The van der Waals surface area contributed by atoms with Crippen molar-refractivity contribution in [3.05, 3.63) is 120 Å². The maximum Gasteiger partial charge on any atom is 0.264 e. The van der Waals surface area contributed by atoms with E-state index in [9.17, 15) is 25.9 Å². The summed E-state index contributed by atoms with van der Waals surface area (Å²) in [6.45, 7) is 9.51. The van der Waals surface area contributed by atoms with Gasteiger partial charge in [-0.1, -0.05) is 86.7 Å². The van der Waals surface area contributed by atoms with Crippen LogP contribution in [0.15, 0.2) is 109 Å². The molecular weight excluding hydrogens is 680 g/mol. The van der Waals surface area contributed by atoms with Crippen LogP contribution in [0.1, 0.15) is 51.7 Å². The molecule has 8 nitrogen and oxygen atoms in total. The molecule has 0 aromatic heterocycles. The smallest absolute Gasteiger partial charge is 0.264 e. The number of nitrogens with zero attached hydrogens (tertiary/aromatic N) is 2. The molecule has 4 aromatic rings. The number of rotatable bonds is 11. The minimum atomic E-state index is -4.33. The third kappa shape index (κ3) is 7.58. The van der Waals surface area contributed by atoms with Gasteiger partial charge in [-0.2, -0.15) is 13.0 Å². The number of benzene rings is 4. The van der Waals surface area contributed by atoms with Crippen molar-refractivity contribution in [1.82, 2.24) is 0 Å². The Kier molecular flexibility index (Phi) is 11.1. The molecule has 1 N–H and O–H groups in total. The zero-order valence-electron chi connectivity index (χ0n) is 29.3. The molecule has 2 heterocycles. The second-order valence-electron chi connectivity index (χ2n) is 13.9. The third-order valence-electron chi connectivity index (χ3n) is 9.80. The largest absolute Gasteiger partial charge is 0.748 e. The van der Waals surface area contributed by atoms with E-state index in [4.69, 9.17) is 0 Å². The first-order valence-corrected chi connectivity index (χ1v) is 19.7. The van der Waals surface area contributed by atoms with Crippen LogP contribution in [0.5, 0.6) is 0 Å². The molecule has 0 bridgehead atoms. The summed E-state index contributed by atoms with van der Waals surface area (Å²) in [6, 6.07) is 24.8. The van der Waals surface area contributed by atoms with Crippen molar-refractivity contribution < 1.29 is 30.5 Å². The Bertz CT molecular complexity index is 2310. The normalized spacial score (nSPS) is 17.7. The van der Waals surface area contributed by atoms with Crippen molar-refractivity contribution in [3.8, 4) is 0 Å². The van der Waals surface area contributed by atoms with Gasteiger partial charge in [0.25, 0.3) is 10.1 Å². The Labute approximate surface area is 317 Å². The van der Waals surface area contributed by atoms with Gasteiger partial charge in [0, 0.05) is 82.8 Å². The molecule has 2 aliphatic rings. The van der Waals surface area contributed by atoms with Gasteiger partial charge in [-0.25, -0.2) is 8.42 Å². The van der Waals surface area contributed by atoms with E-state index in [1.54, 1.807) is 0 Å². The van der Waals surface area contributed by atoms with Crippen LogP contribution in [0.3, 0.4) is 0 Å². The van der Waals surface area contributed by atoms with Crippen LogP contribution in [0, 0.1) is 0 Å². The molecule has 0 saturated carbocycles. The van der Waals surface area contributed by atoms with E-state index in [-0.39, 0.29) is 53.6 Å². The van der Waals surface area contributed by atoms with Crippen LogP contribution in [-0.4, -0.2) is 90.4 Å². The standard InChI is InChI=1S/C39H42N2O6S2.Na/c1-38(2)34(40(24-12-26-48(42,43)44)32-22-20-28-14-8-10-16-30(28)36(32)38)18-6-5-7-19-35-39(3,4)37-31-17-11-9-15-29(31)21-23-33(37)41(35)25-13-27-49(45,46)47;/h5-11,14-23H,12-13,24-27H2,1-4H3,(H-,42,43,44,45,46,47);. The van der Waals surface area contributed by atoms with Crippen LogP contribution in [-0.2, 0) is 31.1 Å². The van der Waals surface area contributed by atoms with Crippen molar-refractivity contribution >= 4 is 88.4 Å². The SMILES string of the molecule is CC1(C)C(=CC=CC=CC2=[N+](CCCS(=O)(=O)[O-])c3ccc4ccccc4c3C2(C)C)N(CCCS(=O)(=O)O)c2ccc3ccccc3c21.[Na]. The Balaban J connectivity index is 0.00000486. The van der Waals surface area contributed by atoms with Gasteiger partial charge in [0.2, 0.25) is 5.69 Å². The zero-order valence-corrected chi connectivity index (χ0v) is 32.9. The molecule has 50 heavy (non-hydrogen) atoms. The fourth-order valence-corrected chi connectivity index (χ4v) is 8.69. The Hall–Kier alpha value is -3.09. The predicted octanol–water partition coefficient (Wildman–Crippen LogP) is 7.00. The van der Waals surface area contributed by atoms with Crippen LogP contribution < -0.4 is 4.90 Å². The summed E-state index contributed by atoms with van der Waals surface area (Å²) in [5.74, 6) is -0.743. The second kappa shape index (κ2) is 14.5. The number of hydrogen-bond acceptors (Lipinski definition) is 6. The van der Waals surface area contributed by atoms with Crippen molar-refractivity contribution in [2.45, 2.75) is 51.4 Å². The topological polar surface area (TPSA) is 118 Å². The van der Waals surface area contributed by atoms with Crippen molar-refractivity contribution in [2.75, 3.05) is 29.5 Å². The Morgan fingerprint density at radius 2 is 1.38 bits per heavy atom. The summed E-state index contributed by atoms with van der Waals surface area (Å²) in [5, 5.41) is 4.55. The van der Waals surface area contributed by atoms with Gasteiger partial charge in [-0.05, 0) is 65.6 Å². The fourth-order valence-electron chi connectivity index (χ4n) is 7.71. The van der Waals surface area contributed by atoms with Crippen LogP contribution in [0.25, 0.3) is 21.5 Å². The fraction of sp³-hybridized carbons (Fsp3) is 0.308. The molecule has 0 saturated heterocycles. The first kappa shape index (κ1) is 38.1. The van der Waals surface area contributed by atoms with Gasteiger partial charge in [-0.3, -0.25) is 4.55 Å². The van der Waals surface area contributed by atoms with E-state index >= 15 is 0 Å². The van der Waals surface area contributed by atoms with E-state index in [0.29, 0.717) is 13.1 Å². The molecule has 0 spiro atoms. The van der Waals surface area contributed by atoms with Gasteiger partial charge in [0.05, 0.1) is 21.3 Å². The van der Waals surface area contributed by atoms with E-state index < -0.39 is 31.4 Å². The number of fused-ring (bicyclic) bond motifs is 6. The van der Waals surface area contributed by atoms with Gasteiger partial charge < -0.3 is 9.45 Å². The molecule has 0 atom stereocenters. The van der Waals surface area contributed by atoms with Gasteiger partial charge >= 0.3 is 0 Å². The monoisotopic (exact) mass is 721 g/mol. The van der Waals surface area contributed by atoms with Crippen LogP contribution >= 0.6 is 0 Å². The average Bonchev–Trinajstić information content (AvgIpc) is 3.38. The van der Waals surface area contributed by atoms with Crippen molar-refractivity contribution in [1.29, 1.82) is 0 Å². The molecule has 0 fully saturated rings. The average molecular weight is 722 g/mol. The summed E-state index contributed by atoms with van der Waals surface area (Å²) in [5.41, 5.74) is 5.63. The first-order valence-electron chi connectivity index (χ1n) is 16.5. The van der Waals surface area contributed by atoms with Crippen LogP contribution in [0.2, 0.25) is 0 Å². The summed E-state index contributed by atoms with van der Waals surface area (Å²) in [7, 11) is -8.42. The minimum Gasteiger partial charge on any atom is -0.748 e. The minimum absolute atomic E-state index is 0. The molecule has 6 rings (SSSR count). The number of allylic oxidation sites excluding steroid dienone is 6. The molecule has 257 valence electrons. The molecular formula is C39H42N2NaO6S2. The number of anilines is 1. The molecule has 2 aliphatic heterocycles. The molecule has 11 heteroatoms. The third-order valence-corrected chi connectivity index (χ3v) is 11.4. The molecule has 0 unspecified atom stereocenters. The van der Waals surface area contributed by atoms with E-state index in [0.717, 1.165) is 44.3 Å². The predicted molar refractivity (Wildman–Crippen MR) is 203 cm³/mol. The van der Waals surface area contributed by atoms with Gasteiger partial charge in [0.1, 0.15) is 6.54 Å². The van der Waals surface area contributed by atoms with Gasteiger partial charge in [0.15, 0.2) is 5.71 Å². The first-order chi connectivity index (χ1) is 23.1. The molecule has 4 aromatic carbocycles. The second-order valence-corrected chi connectivity index (χ2v) is 16.9. The quantitative estimate of drug-likeness (QED) is 0.0768. The maximum atomic E-state index is 11.6. The molecule has 1 radical (unpaired) electrons. The summed E-state index contributed by atoms with van der Waals surface area (Å²) in [4.78, 5) is 2.16. The van der Waals surface area contributed by atoms with Crippen molar-refractivity contribution in [2.24, 2.45) is 0 Å². The van der Waals surface area contributed by atoms with Crippen molar-refractivity contribution in [3.63, 3.8) is 0 Å². The van der Waals surface area contributed by atoms with E-state index in [1.807, 2.05) is 42.5 Å². The summed E-state index contributed by atoms with van der Waals surface area (Å²) in [6.07, 6.45) is 10.5. The molecule has 0 amide bonds. The van der Waals surface area contributed by atoms with E-state index in [1.165, 1.54) is 11.1 Å². The summed E-state index contributed by atoms with van der Waals surface area (Å²) < 4.78 is 69.0. The van der Waals surface area contributed by atoms with Crippen LogP contribution in [0.4, 0.5) is 11.4 Å². The number of hydrogen-bond donors (Lipinski definition) is 1. The zero-order chi connectivity index (χ0) is 35.2. The maximum absolute atomic E-state index is 11.6. The Morgan fingerprint density at radius 3 is 2.02 bits per heavy atom.